The molecule has 0 aromatic heterocycles. The van der Waals surface area contributed by atoms with Gasteiger partial charge in [-0.3, -0.25) is 9.59 Å². The van der Waals surface area contributed by atoms with Gasteiger partial charge in [-0.2, -0.15) is 0 Å². The molecule has 1 amide bonds. The Morgan fingerprint density at radius 2 is 1.87 bits per heavy atom. The van der Waals surface area contributed by atoms with Crippen LogP contribution in [0.1, 0.15) is 23.6 Å². The number of nitrogens with zero attached hydrogens (tertiary/aromatic N) is 2. The molecular formula is C23H24BrFN2O4. The SMILES string of the molecule is COc1ccc(/C(O)=C2/C(=O)C(=O)N(CCCN(C)C)C2c2ccc(F)cc2)cc1Br. The number of aliphatic hydroxyl groups is 1. The van der Waals surface area contributed by atoms with E-state index < -0.39 is 23.5 Å². The Kier molecular flexibility index (Phi) is 7.12. The summed E-state index contributed by atoms with van der Waals surface area (Å²) in [5.41, 5.74) is 0.907. The van der Waals surface area contributed by atoms with Gasteiger partial charge in [-0.25, -0.2) is 4.39 Å². The summed E-state index contributed by atoms with van der Waals surface area (Å²) in [4.78, 5) is 29.2. The average Bonchev–Trinajstić information content (AvgIpc) is 2.98. The number of ether oxygens (including phenoxy) is 1. The van der Waals surface area contributed by atoms with Crippen molar-refractivity contribution < 1.29 is 23.8 Å². The van der Waals surface area contributed by atoms with Crippen LogP contribution in [0.15, 0.2) is 52.5 Å². The van der Waals surface area contributed by atoms with E-state index in [2.05, 4.69) is 15.9 Å². The Bertz CT molecular complexity index is 1020. The number of ketones is 1. The fourth-order valence-corrected chi connectivity index (χ4v) is 4.17. The van der Waals surface area contributed by atoms with E-state index >= 15 is 0 Å². The molecular weight excluding hydrogens is 467 g/mol. The van der Waals surface area contributed by atoms with Gasteiger partial charge in [0.1, 0.15) is 17.3 Å². The van der Waals surface area contributed by atoms with Gasteiger partial charge in [0.25, 0.3) is 11.7 Å². The van der Waals surface area contributed by atoms with Crippen LogP contribution >= 0.6 is 15.9 Å². The molecule has 31 heavy (non-hydrogen) atoms. The Labute approximate surface area is 189 Å². The van der Waals surface area contributed by atoms with E-state index in [1.807, 2.05) is 19.0 Å². The molecule has 1 atom stereocenters. The summed E-state index contributed by atoms with van der Waals surface area (Å²) < 4.78 is 19.3. The van der Waals surface area contributed by atoms with Crippen LogP contribution in [0.3, 0.4) is 0 Å². The number of hydrogen-bond donors (Lipinski definition) is 1. The number of benzene rings is 2. The van der Waals surface area contributed by atoms with Crippen LogP contribution in [-0.2, 0) is 9.59 Å². The van der Waals surface area contributed by atoms with E-state index in [9.17, 15) is 19.1 Å². The van der Waals surface area contributed by atoms with E-state index in [1.165, 1.54) is 36.3 Å². The third-order valence-electron chi connectivity index (χ3n) is 5.16. The number of hydrogen-bond acceptors (Lipinski definition) is 5. The lowest BCUT2D eigenvalue weighted by atomic mass is 9.95. The van der Waals surface area contributed by atoms with E-state index in [1.54, 1.807) is 18.2 Å². The van der Waals surface area contributed by atoms with Gasteiger partial charge in [-0.1, -0.05) is 12.1 Å². The fraction of sp³-hybridized carbons (Fsp3) is 0.304. The van der Waals surface area contributed by atoms with Gasteiger partial charge in [0, 0.05) is 12.1 Å². The Morgan fingerprint density at radius 3 is 2.45 bits per heavy atom. The zero-order chi connectivity index (χ0) is 22.7. The van der Waals surface area contributed by atoms with Crippen LogP contribution in [0.4, 0.5) is 4.39 Å². The molecule has 0 bridgehead atoms. The normalized spacial score (nSPS) is 18.1. The second kappa shape index (κ2) is 9.62. The standard InChI is InChI=1S/C23H24BrFN2O4/c1-26(2)11-4-12-27-20(14-5-8-16(25)9-6-14)19(22(29)23(27)30)21(28)15-7-10-18(31-3)17(24)13-15/h5-10,13,20,28H,4,11-12H2,1-3H3/b21-19-. The predicted octanol–water partition coefficient (Wildman–Crippen LogP) is 3.97. The third kappa shape index (κ3) is 4.80. The first-order valence-corrected chi connectivity index (χ1v) is 10.6. The van der Waals surface area contributed by atoms with Crippen molar-refractivity contribution >= 4 is 33.4 Å². The minimum absolute atomic E-state index is 0.0153. The van der Waals surface area contributed by atoms with Crippen molar-refractivity contribution in [2.45, 2.75) is 12.5 Å². The van der Waals surface area contributed by atoms with Gasteiger partial charge in [0.15, 0.2) is 0 Å². The summed E-state index contributed by atoms with van der Waals surface area (Å²) in [6.45, 7) is 1.05. The van der Waals surface area contributed by atoms with Crippen molar-refractivity contribution in [1.82, 2.24) is 9.80 Å². The van der Waals surface area contributed by atoms with Crippen LogP contribution in [0, 0.1) is 5.82 Å². The molecule has 3 rings (SSSR count). The smallest absolute Gasteiger partial charge is 0.295 e. The van der Waals surface area contributed by atoms with Crippen molar-refractivity contribution in [2.24, 2.45) is 0 Å². The minimum atomic E-state index is -0.802. The quantitative estimate of drug-likeness (QED) is 0.361. The summed E-state index contributed by atoms with van der Waals surface area (Å²) in [6.07, 6.45) is 0.645. The van der Waals surface area contributed by atoms with Gasteiger partial charge in [0.2, 0.25) is 0 Å². The molecule has 1 aliphatic rings. The molecule has 1 heterocycles. The van der Waals surface area contributed by atoms with Gasteiger partial charge in [0.05, 0.1) is 23.2 Å². The largest absolute Gasteiger partial charge is 0.507 e. The number of halogens is 2. The topological polar surface area (TPSA) is 70.1 Å². The Hall–Kier alpha value is -2.71. The number of methoxy groups -OCH3 is 1. The van der Waals surface area contributed by atoms with E-state index in [4.69, 9.17) is 4.74 Å². The highest BCUT2D eigenvalue weighted by molar-refractivity contribution is 9.10. The molecule has 0 spiro atoms. The summed E-state index contributed by atoms with van der Waals surface area (Å²) >= 11 is 3.37. The molecule has 1 fully saturated rings. The number of aliphatic hydroxyl groups excluding tert-OH is 1. The van der Waals surface area contributed by atoms with Crippen LogP contribution in [-0.4, -0.2) is 60.9 Å². The molecule has 1 unspecified atom stereocenters. The van der Waals surface area contributed by atoms with E-state index in [-0.39, 0.29) is 11.3 Å². The van der Waals surface area contributed by atoms with Crippen LogP contribution < -0.4 is 4.74 Å². The lowest BCUT2D eigenvalue weighted by molar-refractivity contribution is -0.139. The lowest BCUT2D eigenvalue weighted by Gasteiger charge is -2.26. The molecule has 0 saturated carbocycles. The zero-order valence-corrected chi connectivity index (χ0v) is 19.1. The molecule has 8 heteroatoms. The molecule has 6 nitrogen and oxygen atoms in total. The first-order chi connectivity index (χ1) is 14.7. The maximum absolute atomic E-state index is 13.5. The molecule has 2 aromatic carbocycles. The first-order valence-electron chi connectivity index (χ1n) is 9.77. The number of likely N-dealkylation sites (tertiary alicyclic amines) is 1. The molecule has 0 aliphatic carbocycles. The van der Waals surface area contributed by atoms with Crippen LogP contribution in [0.5, 0.6) is 5.75 Å². The summed E-state index contributed by atoms with van der Waals surface area (Å²) in [7, 11) is 5.37. The highest BCUT2D eigenvalue weighted by atomic mass is 79.9. The van der Waals surface area contributed by atoms with Gasteiger partial charge in [-0.15, -0.1) is 0 Å². The third-order valence-corrected chi connectivity index (χ3v) is 5.77. The number of carbonyl (C=O) groups excluding carboxylic acids is 2. The van der Waals surface area contributed by atoms with E-state index in [0.717, 1.165) is 6.54 Å². The molecule has 1 saturated heterocycles. The second-order valence-corrected chi connectivity index (χ2v) is 8.40. The summed E-state index contributed by atoms with van der Waals surface area (Å²) in [5, 5.41) is 11.1. The Morgan fingerprint density at radius 1 is 1.19 bits per heavy atom. The monoisotopic (exact) mass is 490 g/mol. The Balaban J connectivity index is 2.10. The molecule has 1 N–H and O–H groups in total. The van der Waals surface area contributed by atoms with Crippen molar-refractivity contribution in [3.63, 3.8) is 0 Å². The molecule has 1 aliphatic heterocycles. The van der Waals surface area contributed by atoms with Crippen molar-refractivity contribution in [3.8, 4) is 5.75 Å². The van der Waals surface area contributed by atoms with E-state index in [0.29, 0.717) is 34.3 Å². The number of amides is 1. The van der Waals surface area contributed by atoms with Crippen LogP contribution in [0.25, 0.3) is 5.76 Å². The maximum Gasteiger partial charge on any atom is 0.295 e. The zero-order valence-electron chi connectivity index (χ0n) is 17.6. The van der Waals surface area contributed by atoms with Crippen molar-refractivity contribution in [1.29, 1.82) is 0 Å². The number of Topliss-reactive ketones (excluding diaryl/α,β-unsaturated/α-hetero) is 1. The number of carbonyl (C=O) groups is 2. The maximum atomic E-state index is 13.5. The molecule has 2 aromatic rings. The average molecular weight is 491 g/mol. The summed E-state index contributed by atoms with van der Waals surface area (Å²) in [6, 6.07) is 9.70. The fourth-order valence-electron chi connectivity index (χ4n) is 3.63. The van der Waals surface area contributed by atoms with Gasteiger partial charge >= 0.3 is 0 Å². The van der Waals surface area contributed by atoms with Gasteiger partial charge < -0.3 is 19.6 Å². The summed E-state index contributed by atoms with van der Waals surface area (Å²) in [5.74, 6) is -1.58. The van der Waals surface area contributed by atoms with Crippen LogP contribution in [0.2, 0.25) is 0 Å². The van der Waals surface area contributed by atoms with Crippen molar-refractivity contribution in [3.05, 3.63) is 69.5 Å². The highest BCUT2D eigenvalue weighted by Gasteiger charge is 2.45. The lowest BCUT2D eigenvalue weighted by Crippen LogP contribution is -2.32. The molecule has 164 valence electrons. The predicted molar refractivity (Wildman–Crippen MR) is 119 cm³/mol. The molecule has 0 radical (unpaired) electrons. The first kappa shape index (κ1) is 23.0. The van der Waals surface area contributed by atoms with Crippen molar-refractivity contribution in [2.75, 3.05) is 34.3 Å². The highest BCUT2D eigenvalue weighted by Crippen LogP contribution is 2.40. The van der Waals surface area contributed by atoms with Gasteiger partial charge in [-0.05, 0) is 78.9 Å². The number of rotatable bonds is 7. The second-order valence-electron chi connectivity index (χ2n) is 7.55. The minimum Gasteiger partial charge on any atom is -0.507 e.